The Kier molecular flexibility index (Phi) is 2.76. The van der Waals surface area contributed by atoms with Gasteiger partial charge in [-0.05, 0) is 0 Å². The molecule has 1 heterocycles. The molecule has 0 radical (unpaired) electrons. The van der Waals surface area contributed by atoms with Crippen LogP contribution < -0.4 is 8.92 Å². The third kappa shape index (κ3) is 2.14. The molecule has 2 aromatic carbocycles. The van der Waals surface area contributed by atoms with Crippen molar-refractivity contribution in [3.63, 3.8) is 0 Å². The Balaban J connectivity index is 1.97. The first-order valence-corrected chi connectivity index (χ1v) is 7.35. The molecule has 0 spiro atoms. The van der Waals surface area contributed by atoms with Gasteiger partial charge in [-0.3, -0.25) is 0 Å². The monoisotopic (exact) mass is 287 g/mol. The van der Waals surface area contributed by atoms with Gasteiger partial charge in [0.25, 0.3) is 0 Å². The van der Waals surface area contributed by atoms with Crippen LogP contribution in [0.1, 0.15) is 5.56 Å². The number of aryl methyl sites for hydroxylation is 1. The van der Waals surface area contributed by atoms with Gasteiger partial charge in [-0.15, -0.1) is 0 Å². The molecule has 1 N–H and O–H groups in total. The third-order valence-corrected chi connectivity index (χ3v) is 5.04. The fraction of sp³-hybridized carbons (Fsp3) is 0.0667. The molecule has 0 aliphatic heterocycles. The molecule has 0 saturated heterocycles. The topological polar surface area (TPSA) is 15.8 Å². The van der Waals surface area contributed by atoms with Crippen LogP contribution >= 0.6 is 0 Å². The standard InChI is InChI=1S/C15H13NSe/c1-11-6-8-12(9-7-11)17-15-10-16-14-5-3-2-4-13(14)15/h2-10,16H,1H3. The summed E-state index contributed by atoms with van der Waals surface area (Å²) in [5.41, 5.74) is 2.56. The number of para-hydroxylation sites is 1. The molecule has 0 amide bonds. The van der Waals surface area contributed by atoms with Crippen molar-refractivity contribution in [2.75, 3.05) is 0 Å². The number of nitrogens with one attached hydrogen (secondary N) is 1. The van der Waals surface area contributed by atoms with Gasteiger partial charge in [0.15, 0.2) is 0 Å². The Morgan fingerprint density at radius 3 is 2.53 bits per heavy atom. The van der Waals surface area contributed by atoms with Crippen molar-refractivity contribution in [1.29, 1.82) is 0 Å². The Morgan fingerprint density at radius 2 is 1.71 bits per heavy atom. The van der Waals surface area contributed by atoms with Gasteiger partial charge >= 0.3 is 107 Å². The minimum atomic E-state index is 0.382. The fourth-order valence-electron chi connectivity index (χ4n) is 1.86. The minimum absolute atomic E-state index is 0.382. The van der Waals surface area contributed by atoms with Gasteiger partial charge < -0.3 is 0 Å². The van der Waals surface area contributed by atoms with Crippen LogP contribution in [0.25, 0.3) is 10.9 Å². The fourth-order valence-corrected chi connectivity index (χ4v) is 3.82. The Morgan fingerprint density at radius 1 is 0.941 bits per heavy atom. The summed E-state index contributed by atoms with van der Waals surface area (Å²) in [6, 6.07) is 17.3. The summed E-state index contributed by atoms with van der Waals surface area (Å²) in [5.74, 6) is 0. The van der Waals surface area contributed by atoms with E-state index in [0.29, 0.717) is 15.0 Å². The summed E-state index contributed by atoms with van der Waals surface area (Å²) in [5, 5.41) is 1.35. The first kappa shape index (κ1) is 10.6. The quantitative estimate of drug-likeness (QED) is 0.695. The summed E-state index contributed by atoms with van der Waals surface area (Å²) >= 11 is 0.382. The second-order valence-electron chi connectivity index (χ2n) is 4.11. The van der Waals surface area contributed by atoms with E-state index in [0.717, 1.165) is 0 Å². The van der Waals surface area contributed by atoms with E-state index in [2.05, 4.69) is 66.6 Å². The van der Waals surface area contributed by atoms with Crippen LogP contribution in [0.2, 0.25) is 0 Å². The van der Waals surface area contributed by atoms with Crippen LogP contribution in [-0.4, -0.2) is 19.9 Å². The Labute approximate surface area is 107 Å². The maximum absolute atomic E-state index is 3.34. The molecule has 3 aromatic rings. The molecule has 0 saturated carbocycles. The molecule has 0 bridgehead atoms. The molecule has 84 valence electrons. The predicted molar refractivity (Wildman–Crippen MR) is 74.5 cm³/mol. The molecular weight excluding hydrogens is 273 g/mol. The van der Waals surface area contributed by atoms with Crippen molar-refractivity contribution in [3.8, 4) is 0 Å². The molecule has 17 heavy (non-hydrogen) atoms. The van der Waals surface area contributed by atoms with Gasteiger partial charge in [0.1, 0.15) is 0 Å². The number of H-pyrrole nitrogens is 1. The third-order valence-electron chi connectivity index (χ3n) is 2.80. The molecular formula is C15H13NSe. The van der Waals surface area contributed by atoms with Crippen LogP contribution in [0.5, 0.6) is 0 Å². The van der Waals surface area contributed by atoms with Crippen molar-refractivity contribution < 1.29 is 0 Å². The van der Waals surface area contributed by atoms with Crippen molar-refractivity contribution in [2.45, 2.75) is 6.92 Å². The summed E-state index contributed by atoms with van der Waals surface area (Å²) in [6.07, 6.45) is 2.14. The van der Waals surface area contributed by atoms with Crippen molar-refractivity contribution in [3.05, 3.63) is 60.3 Å². The summed E-state index contributed by atoms with van der Waals surface area (Å²) in [4.78, 5) is 3.34. The van der Waals surface area contributed by atoms with Crippen LogP contribution in [0.15, 0.2) is 54.7 Å². The van der Waals surface area contributed by atoms with Crippen molar-refractivity contribution in [1.82, 2.24) is 4.98 Å². The second kappa shape index (κ2) is 4.40. The van der Waals surface area contributed by atoms with E-state index in [-0.39, 0.29) is 0 Å². The molecule has 2 heteroatoms. The van der Waals surface area contributed by atoms with Gasteiger partial charge in [-0.2, -0.15) is 0 Å². The van der Waals surface area contributed by atoms with Gasteiger partial charge in [0.2, 0.25) is 0 Å². The van der Waals surface area contributed by atoms with Crippen molar-refractivity contribution in [2.24, 2.45) is 0 Å². The molecule has 0 fully saturated rings. The zero-order valence-electron chi connectivity index (χ0n) is 9.60. The first-order chi connectivity index (χ1) is 8.33. The second-order valence-corrected chi connectivity index (χ2v) is 6.45. The number of hydrogen-bond donors (Lipinski definition) is 1. The number of fused-ring (bicyclic) bond motifs is 1. The van der Waals surface area contributed by atoms with E-state index in [4.69, 9.17) is 0 Å². The predicted octanol–water partition coefficient (Wildman–Crippen LogP) is 2.13. The summed E-state index contributed by atoms with van der Waals surface area (Å²) in [6.45, 7) is 2.13. The van der Waals surface area contributed by atoms with Crippen LogP contribution in [-0.2, 0) is 0 Å². The SMILES string of the molecule is Cc1ccc([Se]c2c[nH]c3ccccc23)cc1. The van der Waals surface area contributed by atoms with Gasteiger partial charge in [0.05, 0.1) is 0 Å². The van der Waals surface area contributed by atoms with E-state index < -0.39 is 0 Å². The number of aromatic amines is 1. The summed E-state index contributed by atoms with van der Waals surface area (Å²) in [7, 11) is 0. The number of benzene rings is 2. The number of aromatic nitrogens is 1. The molecule has 0 aliphatic carbocycles. The Bertz CT molecular complexity index is 637. The van der Waals surface area contributed by atoms with E-state index in [1.807, 2.05) is 0 Å². The average Bonchev–Trinajstić information content (AvgIpc) is 2.76. The van der Waals surface area contributed by atoms with Gasteiger partial charge in [-0.1, -0.05) is 0 Å². The maximum atomic E-state index is 3.34. The van der Waals surface area contributed by atoms with Gasteiger partial charge in [-0.25, -0.2) is 0 Å². The zero-order valence-corrected chi connectivity index (χ0v) is 11.3. The molecule has 1 aromatic heterocycles. The van der Waals surface area contributed by atoms with Crippen molar-refractivity contribution >= 4 is 34.8 Å². The first-order valence-electron chi connectivity index (χ1n) is 5.63. The molecule has 0 atom stereocenters. The molecule has 1 nitrogen and oxygen atoms in total. The molecule has 0 aliphatic rings. The number of hydrogen-bond acceptors (Lipinski definition) is 0. The summed E-state index contributed by atoms with van der Waals surface area (Å²) < 4.78 is 2.85. The molecule has 3 rings (SSSR count). The van der Waals surface area contributed by atoms with Gasteiger partial charge in [0, 0.05) is 0 Å². The normalized spacial score (nSPS) is 10.9. The van der Waals surface area contributed by atoms with Crippen LogP contribution in [0, 0.1) is 6.92 Å². The van der Waals surface area contributed by atoms with E-state index in [1.165, 1.54) is 25.4 Å². The zero-order chi connectivity index (χ0) is 11.7. The average molecular weight is 286 g/mol. The molecule has 0 unspecified atom stereocenters. The Hall–Kier alpha value is -1.50. The van der Waals surface area contributed by atoms with Crippen LogP contribution in [0.3, 0.4) is 0 Å². The van der Waals surface area contributed by atoms with E-state index in [9.17, 15) is 0 Å². The van der Waals surface area contributed by atoms with Crippen LogP contribution in [0.4, 0.5) is 0 Å². The number of rotatable bonds is 2. The van der Waals surface area contributed by atoms with E-state index >= 15 is 0 Å². The van der Waals surface area contributed by atoms with E-state index in [1.54, 1.807) is 0 Å².